The zero-order valence-electron chi connectivity index (χ0n) is 10.5. The van der Waals surface area contributed by atoms with Crippen LogP contribution in [-0.2, 0) is 11.2 Å². The van der Waals surface area contributed by atoms with Gasteiger partial charge < -0.3 is 4.74 Å². The third-order valence-corrected chi connectivity index (χ3v) is 2.60. The minimum atomic E-state index is -5.79. The molecule has 0 aromatic heterocycles. The molecule has 9 heteroatoms. The maximum Gasteiger partial charge on any atom is 0.407 e. The summed E-state index contributed by atoms with van der Waals surface area (Å²) in [6.07, 6.45) is -12.9. The Morgan fingerprint density at radius 3 is 2.10 bits per heavy atom. The van der Waals surface area contributed by atoms with Crippen molar-refractivity contribution in [2.75, 3.05) is 7.11 Å². The van der Waals surface area contributed by atoms with Gasteiger partial charge in [-0.1, -0.05) is 12.1 Å². The molecule has 0 saturated carbocycles. The SMILES string of the molecule is COc1cccc(CC(=O)C(C(F)(F)F)C(F)(F)F)c1F. The number of hydrogen-bond donors (Lipinski definition) is 0. The largest absolute Gasteiger partial charge is 0.494 e. The molecule has 0 amide bonds. The van der Waals surface area contributed by atoms with E-state index in [1.165, 1.54) is 0 Å². The van der Waals surface area contributed by atoms with Crippen LogP contribution in [0.2, 0.25) is 0 Å². The first-order valence-corrected chi connectivity index (χ1v) is 5.46. The molecule has 0 N–H and O–H groups in total. The minimum absolute atomic E-state index is 0.379. The Morgan fingerprint density at radius 1 is 1.14 bits per heavy atom. The molecular formula is C12H9F7O2. The van der Waals surface area contributed by atoms with E-state index in [9.17, 15) is 35.5 Å². The summed E-state index contributed by atoms with van der Waals surface area (Å²) >= 11 is 0. The molecule has 21 heavy (non-hydrogen) atoms. The van der Waals surface area contributed by atoms with Crippen molar-refractivity contribution in [3.8, 4) is 5.75 Å². The van der Waals surface area contributed by atoms with Crippen molar-refractivity contribution in [1.82, 2.24) is 0 Å². The number of carbonyl (C=O) groups excluding carboxylic acids is 1. The predicted molar refractivity (Wildman–Crippen MR) is 57.3 cm³/mol. The summed E-state index contributed by atoms with van der Waals surface area (Å²) in [5.74, 6) is -7.87. The summed E-state index contributed by atoms with van der Waals surface area (Å²) in [5, 5.41) is 0. The maximum absolute atomic E-state index is 13.7. The molecule has 0 unspecified atom stereocenters. The molecule has 0 spiro atoms. The first-order chi connectivity index (χ1) is 9.48. The number of halogens is 7. The van der Waals surface area contributed by atoms with Gasteiger partial charge in [0.25, 0.3) is 0 Å². The predicted octanol–water partition coefficient (Wildman–Crippen LogP) is 3.69. The molecule has 0 aliphatic rings. The lowest BCUT2D eigenvalue weighted by atomic mass is 9.96. The fourth-order valence-corrected chi connectivity index (χ4v) is 1.69. The number of ketones is 1. The average molecular weight is 318 g/mol. The number of alkyl halides is 6. The standard InChI is InChI=1S/C12H9F7O2/c1-21-8-4-2-3-6(9(8)13)5-7(20)10(11(14,15)16)12(17,18)19/h2-4,10H,5H2,1H3. The molecule has 0 aliphatic carbocycles. The lowest BCUT2D eigenvalue weighted by Gasteiger charge is -2.21. The summed E-state index contributed by atoms with van der Waals surface area (Å²) in [7, 11) is 1.07. The Balaban J connectivity index is 3.09. The van der Waals surface area contributed by atoms with E-state index in [2.05, 4.69) is 4.74 Å². The number of methoxy groups -OCH3 is 1. The number of rotatable bonds is 4. The van der Waals surface area contributed by atoms with Crippen LogP contribution >= 0.6 is 0 Å². The molecule has 1 aromatic carbocycles. The highest BCUT2D eigenvalue weighted by Gasteiger charge is 2.60. The van der Waals surface area contributed by atoms with Gasteiger partial charge in [-0.3, -0.25) is 4.79 Å². The molecular weight excluding hydrogens is 309 g/mol. The highest BCUT2D eigenvalue weighted by molar-refractivity contribution is 5.84. The van der Waals surface area contributed by atoms with Crippen LogP contribution in [-0.4, -0.2) is 25.2 Å². The van der Waals surface area contributed by atoms with Crippen molar-refractivity contribution in [2.24, 2.45) is 5.92 Å². The van der Waals surface area contributed by atoms with Crippen molar-refractivity contribution in [2.45, 2.75) is 18.8 Å². The molecule has 2 nitrogen and oxygen atoms in total. The van der Waals surface area contributed by atoms with Gasteiger partial charge in [-0.25, -0.2) is 4.39 Å². The van der Waals surface area contributed by atoms with Gasteiger partial charge in [0.1, 0.15) is 0 Å². The van der Waals surface area contributed by atoms with E-state index in [4.69, 9.17) is 0 Å². The van der Waals surface area contributed by atoms with Gasteiger partial charge in [0.15, 0.2) is 17.3 Å². The molecule has 0 saturated heterocycles. The second-order valence-corrected chi connectivity index (χ2v) is 4.09. The highest BCUT2D eigenvalue weighted by atomic mass is 19.4. The van der Waals surface area contributed by atoms with Crippen molar-refractivity contribution in [1.29, 1.82) is 0 Å². The van der Waals surface area contributed by atoms with Crippen LogP contribution in [0.1, 0.15) is 5.56 Å². The van der Waals surface area contributed by atoms with E-state index in [-0.39, 0.29) is 5.75 Å². The van der Waals surface area contributed by atoms with Gasteiger partial charge in [-0.2, -0.15) is 26.3 Å². The van der Waals surface area contributed by atoms with Crippen LogP contribution in [0.5, 0.6) is 5.75 Å². The van der Waals surface area contributed by atoms with Gasteiger partial charge in [0, 0.05) is 6.42 Å². The molecule has 0 fully saturated rings. The lowest BCUT2D eigenvalue weighted by Crippen LogP contribution is -2.43. The molecule has 0 atom stereocenters. The molecule has 0 bridgehead atoms. The Hall–Kier alpha value is -1.80. The topological polar surface area (TPSA) is 26.3 Å². The monoisotopic (exact) mass is 318 g/mol. The summed E-state index contributed by atoms with van der Waals surface area (Å²) < 4.78 is 92.3. The van der Waals surface area contributed by atoms with E-state index in [1.54, 1.807) is 0 Å². The third kappa shape index (κ3) is 4.08. The van der Waals surface area contributed by atoms with Crippen molar-refractivity contribution in [3.05, 3.63) is 29.6 Å². The number of Topliss-reactive ketones (excluding diaryl/α,β-unsaturated/α-hetero) is 1. The summed E-state index contributed by atoms with van der Waals surface area (Å²) in [6.45, 7) is 0. The van der Waals surface area contributed by atoms with Crippen LogP contribution in [0.3, 0.4) is 0 Å². The molecule has 0 heterocycles. The summed E-state index contributed by atoms with van der Waals surface area (Å²) in [6, 6.07) is 3.19. The Morgan fingerprint density at radius 2 is 1.67 bits per heavy atom. The van der Waals surface area contributed by atoms with Gasteiger partial charge in [0.05, 0.1) is 7.11 Å². The smallest absolute Gasteiger partial charge is 0.407 e. The maximum atomic E-state index is 13.7. The van der Waals surface area contributed by atoms with Gasteiger partial charge in [-0.15, -0.1) is 0 Å². The molecule has 1 rings (SSSR count). The quantitative estimate of drug-likeness (QED) is 0.792. The molecule has 1 aromatic rings. The zero-order chi connectivity index (χ0) is 16.4. The fraction of sp³-hybridized carbons (Fsp3) is 0.417. The number of hydrogen-bond acceptors (Lipinski definition) is 2. The number of benzene rings is 1. The van der Waals surface area contributed by atoms with Crippen LogP contribution in [0, 0.1) is 11.7 Å². The van der Waals surface area contributed by atoms with E-state index in [1.807, 2.05) is 0 Å². The molecule has 0 aliphatic heterocycles. The second kappa shape index (κ2) is 5.90. The van der Waals surface area contributed by atoms with E-state index in [0.717, 1.165) is 25.3 Å². The number of ether oxygens (including phenoxy) is 1. The summed E-state index contributed by atoms with van der Waals surface area (Å²) in [4.78, 5) is 11.3. The third-order valence-electron chi connectivity index (χ3n) is 2.60. The van der Waals surface area contributed by atoms with Gasteiger partial charge in [-0.05, 0) is 11.6 Å². The Bertz CT molecular complexity index is 505. The molecule has 118 valence electrons. The van der Waals surface area contributed by atoms with Crippen molar-refractivity contribution >= 4 is 5.78 Å². The minimum Gasteiger partial charge on any atom is -0.494 e. The van der Waals surface area contributed by atoms with E-state index < -0.39 is 41.9 Å². The van der Waals surface area contributed by atoms with Crippen LogP contribution < -0.4 is 4.74 Å². The van der Waals surface area contributed by atoms with Crippen LogP contribution in [0.15, 0.2) is 18.2 Å². The van der Waals surface area contributed by atoms with Crippen LogP contribution in [0.4, 0.5) is 30.7 Å². The zero-order valence-corrected chi connectivity index (χ0v) is 10.5. The fourth-order valence-electron chi connectivity index (χ4n) is 1.69. The summed E-state index contributed by atoms with van der Waals surface area (Å²) in [5.41, 5.74) is -0.599. The highest BCUT2D eigenvalue weighted by Crippen LogP contribution is 2.40. The first kappa shape index (κ1) is 17.3. The van der Waals surface area contributed by atoms with E-state index in [0.29, 0.717) is 0 Å². The van der Waals surface area contributed by atoms with E-state index >= 15 is 0 Å². The van der Waals surface area contributed by atoms with Crippen LogP contribution in [0.25, 0.3) is 0 Å². The first-order valence-electron chi connectivity index (χ1n) is 5.46. The van der Waals surface area contributed by atoms with Gasteiger partial charge in [0.2, 0.25) is 5.92 Å². The normalized spacial score (nSPS) is 12.6. The van der Waals surface area contributed by atoms with Crippen molar-refractivity contribution < 1.29 is 40.3 Å². The average Bonchev–Trinajstić information content (AvgIpc) is 2.27. The van der Waals surface area contributed by atoms with Crippen molar-refractivity contribution in [3.63, 3.8) is 0 Å². The number of carbonyl (C=O) groups is 1. The second-order valence-electron chi connectivity index (χ2n) is 4.09. The lowest BCUT2D eigenvalue weighted by molar-refractivity contribution is -0.273. The van der Waals surface area contributed by atoms with Gasteiger partial charge >= 0.3 is 12.4 Å². The Labute approximate surface area is 114 Å². The Kier molecular flexibility index (Phi) is 4.85. The molecule has 0 radical (unpaired) electrons.